The van der Waals surface area contributed by atoms with Crippen LogP contribution in [0, 0.1) is 0 Å². The molecule has 2 saturated heterocycles. The highest BCUT2D eigenvalue weighted by Gasteiger charge is 2.38. The number of hydrogen-bond donors (Lipinski definition) is 1. The molecule has 3 aliphatic rings. The van der Waals surface area contributed by atoms with Crippen LogP contribution in [0.25, 0.3) is 0 Å². The molecule has 1 aromatic rings. The number of nitrogens with one attached hydrogen (secondary N) is 1. The fourth-order valence-corrected chi connectivity index (χ4v) is 7.06. The number of piperidine rings is 1. The second kappa shape index (κ2) is 11.3. The molecule has 1 amide bonds. The molecule has 1 aromatic carbocycles. The third-order valence-corrected chi connectivity index (χ3v) is 9.51. The topological polar surface area (TPSA) is 79.0 Å². The van der Waals surface area contributed by atoms with Gasteiger partial charge < -0.3 is 10.1 Å². The van der Waals surface area contributed by atoms with Gasteiger partial charge in [-0.05, 0) is 49.8 Å². The van der Waals surface area contributed by atoms with Gasteiger partial charge in [-0.2, -0.15) is 4.31 Å². The zero-order valence-corrected chi connectivity index (χ0v) is 20.6. The van der Waals surface area contributed by atoms with E-state index in [0.29, 0.717) is 37.4 Å². The number of hydrogen-bond acceptors (Lipinski definition) is 5. The first-order valence-electron chi connectivity index (χ1n) is 12.7. The molecule has 8 heteroatoms. The SMILES string of the molecule is O=C(CCc1ccc(S(=O)(=O)N2CCCCC2)cc1)NCC1(N2CCOCC2)CCCCC1. The van der Waals surface area contributed by atoms with Crippen LogP contribution < -0.4 is 5.32 Å². The van der Waals surface area contributed by atoms with Gasteiger partial charge in [-0.15, -0.1) is 0 Å². The molecule has 0 unspecified atom stereocenters. The molecule has 1 aliphatic carbocycles. The predicted molar refractivity (Wildman–Crippen MR) is 129 cm³/mol. The van der Waals surface area contributed by atoms with Crippen LogP contribution in [0.2, 0.25) is 0 Å². The fraction of sp³-hybridized carbons (Fsp3) is 0.720. The normalized spacial score (nSPS) is 22.7. The lowest BCUT2D eigenvalue weighted by atomic mass is 9.79. The van der Waals surface area contributed by atoms with E-state index in [9.17, 15) is 13.2 Å². The number of aryl methyl sites for hydroxylation is 1. The van der Waals surface area contributed by atoms with Gasteiger partial charge in [0.15, 0.2) is 0 Å². The van der Waals surface area contributed by atoms with E-state index in [-0.39, 0.29) is 11.4 Å². The highest BCUT2D eigenvalue weighted by molar-refractivity contribution is 7.89. The van der Waals surface area contributed by atoms with Crippen LogP contribution in [0.3, 0.4) is 0 Å². The standard InChI is InChI=1S/C25H39N3O4S/c29-24(26-21-25(13-3-1-4-14-25)27-17-19-32-20-18-27)12-9-22-7-10-23(11-8-22)33(30,31)28-15-5-2-6-16-28/h7-8,10-11H,1-6,9,12-21H2,(H,26,29). The Morgan fingerprint density at radius 3 is 2.21 bits per heavy atom. The Kier molecular flexibility index (Phi) is 8.43. The summed E-state index contributed by atoms with van der Waals surface area (Å²) in [5, 5.41) is 3.22. The second-order valence-electron chi connectivity index (χ2n) is 9.77. The van der Waals surface area contributed by atoms with Gasteiger partial charge in [-0.3, -0.25) is 9.69 Å². The Morgan fingerprint density at radius 2 is 1.55 bits per heavy atom. The number of rotatable bonds is 8. The minimum atomic E-state index is -3.41. The summed E-state index contributed by atoms with van der Waals surface area (Å²) in [5.41, 5.74) is 1.06. The number of sulfonamides is 1. The molecule has 0 atom stereocenters. The van der Waals surface area contributed by atoms with Crippen LogP contribution in [-0.4, -0.2) is 75.0 Å². The van der Waals surface area contributed by atoms with Crippen molar-refractivity contribution in [3.05, 3.63) is 29.8 Å². The van der Waals surface area contributed by atoms with Crippen LogP contribution >= 0.6 is 0 Å². The van der Waals surface area contributed by atoms with Gasteiger partial charge >= 0.3 is 0 Å². The van der Waals surface area contributed by atoms with Crippen molar-refractivity contribution in [3.8, 4) is 0 Å². The molecule has 0 spiro atoms. The summed E-state index contributed by atoms with van der Waals surface area (Å²) < 4.78 is 32.8. The van der Waals surface area contributed by atoms with E-state index in [1.54, 1.807) is 16.4 Å². The number of nitrogens with zero attached hydrogens (tertiary/aromatic N) is 2. The van der Waals surface area contributed by atoms with Crippen molar-refractivity contribution in [1.29, 1.82) is 0 Å². The molecular weight excluding hydrogens is 438 g/mol. The van der Waals surface area contributed by atoms with Crippen LogP contribution in [-0.2, 0) is 26.0 Å². The van der Waals surface area contributed by atoms with E-state index < -0.39 is 10.0 Å². The smallest absolute Gasteiger partial charge is 0.243 e. The molecule has 3 fully saturated rings. The monoisotopic (exact) mass is 477 g/mol. The van der Waals surface area contributed by atoms with Crippen LogP contribution in [0.1, 0.15) is 63.4 Å². The average molecular weight is 478 g/mol. The molecule has 0 aromatic heterocycles. The lowest BCUT2D eigenvalue weighted by Gasteiger charge is -2.48. The summed E-state index contributed by atoms with van der Waals surface area (Å²) >= 11 is 0. The Hall–Kier alpha value is -1.48. The summed E-state index contributed by atoms with van der Waals surface area (Å²) in [6, 6.07) is 7.07. The molecule has 2 heterocycles. The number of carbonyl (C=O) groups excluding carboxylic acids is 1. The van der Waals surface area contributed by atoms with Crippen molar-refractivity contribution in [2.24, 2.45) is 0 Å². The van der Waals surface area contributed by atoms with Gasteiger partial charge in [0.25, 0.3) is 0 Å². The van der Waals surface area contributed by atoms with Crippen molar-refractivity contribution in [2.45, 2.75) is 74.6 Å². The van der Waals surface area contributed by atoms with Gasteiger partial charge in [0.1, 0.15) is 0 Å². The van der Waals surface area contributed by atoms with E-state index in [2.05, 4.69) is 10.2 Å². The lowest BCUT2D eigenvalue weighted by Crippen LogP contribution is -2.59. The second-order valence-corrected chi connectivity index (χ2v) is 11.7. The highest BCUT2D eigenvalue weighted by Crippen LogP contribution is 2.34. The molecular formula is C25H39N3O4S. The van der Waals surface area contributed by atoms with Crippen molar-refractivity contribution >= 4 is 15.9 Å². The van der Waals surface area contributed by atoms with Gasteiger partial charge in [0.2, 0.25) is 15.9 Å². The summed E-state index contributed by atoms with van der Waals surface area (Å²) in [6.07, 6.45) is 9.99. The zero-order chi connectivity index (χ0) is 23.2. The third-order valence-electron chi connectivity index (χ3n) is 7.60. The first-order chi connectivity index (χ1) is 16.0. The van der Waals surface area contributed by atoms with Crippen LogP contribution in [0.5, 0.6) is 0 Å². The first-order valence-corrected chi connectivity index (χ1v) is 14.1. The zero-order valence-electron chi connectivity index (χ0n) is 19.8. The van der Waals surface area contributed by atoms with Gasteiger partial charge in [0.05, 0.1) is 18.1 Å². The maximum atomic E-state index is 12.8. The van der Waals surface area contributed by atoms with E-state index in [4.69, 9.17) is 4.74 Å². The summed E-state index contributed by atoms with van der Waals surface area (Å²) in [6.45, 7) is 5.37. The van der Waals surface area contributed by atoms with E-state index in [1.807, 2.05) is 12.1 Å². The number of amides is 1. The van der Waals surface area contributed by atoms with Gasteiger partial charge in [0, 0.05) is 44.7 Å². The molecule has 2 aliphatic heterocycles. The molecule has 4 rings (SSSR count). The quantitative estimate of drug-likeness (QED) is 0.623. The lowest BCUT2D eigenvalue weighted by molar-refractivity contribution is -0.122. The van der Waals surface area contributed by atoms with E-state index >= 15 is 0 Å². The van der Waals surface area contributed by atoms with Gasteiger partial charge in [-0.25, -0.2) is 8.42 Å². The Labute approximate surface area is 198 Å². The molecule has 0 bridgehead atoms. The predicted octanol–water partition coefficient (Wildman–Crippen LogP) is 2.95. The number of benzene rings is 1. The molecule has 0 radical (unpaired) electrons. The Balaban J connectivity index is 1.28. The van der Waals surface area contributed by atoms with Crippen molar-refractivity contribution < 1.29 is 17.9 Å². The van der Waals surface area contributed by atoms with E-state index in [1.165, 1.54) is 19.3 Å². The minimum Gasteiger partial charge on any atom is -0.379 e. The van der Waals surface area contributed by atoms with Crippen LogP contribution in [0.4, 0.5) is 0 Å². The molecule has 1 saturated carbocycles. The Bertz CT molecular complexity index is 869. The molecule has 184 valence electrons. The van der Waals surface area contributed by atoms with Crippen molar-refractivity contribution in [1.82, 2.24) is 14.5 Å². The number of ether oxygens (including phenoxy) is 1. The average Bonchev–Trinajstić information content (AvgIpc) is 2.88. The third kappa shape index (κ3) is 6.15. The summed E-state index contributed by atoms with van der Waals surface area (Å²) in [5.74, 6) is 0.0678. The van der Waals surface area contributed by atoms with Crippen molar-refractivity contribution in [2.75, 3.05) is 45.9 Å². The van der Waals surface area contributed by atoms with Crippen molar-refractivity contribution in [3.63, 3.8) is 0 Å². The van der Waals surface area contributed by atoms with Gasteiger partial charge in [-0.1, -0.05) is 37.8 Å². The largest absolute Gasteiger partial charge is 0.379 e. The first kappa shape index (κ1) is 24.6. The number of carbonyl (C=O) groups is 1. The highest BCUT2D eigenvalue weighted by atomic mass is 32.2. The van der Waals surface area contributed by atoms with E-state index in [0.717, 1.165) is 64.0 Å². The molecule has 7 nitrogen and oxygen atoms in total. The maximum absolute atomic E-state index is 12.8. The molecule has 33 heavy (non-hydrogen) atoms. The number of morpholine rings is 1. The fourth-order valence-electron chi connectivity index (χ4n) is 5.54. The maximum Gasteiger partial charge on any atom is 0.243 e. The summed E-state index contributed by atoms with van der Waals surface area (Å²) in [4.78, 5) is 15.5. The van der Waals surface area contributed by atoms with Crippen LogP contribution in [0.15, 0.2) is 29.2 Å². The molecule has 1 N–H and O–H groups in total. The Morgan fingerprint density at radius 1 is 0.909 bits per heavy atom. The minimum absolute atomic E-state index is 0.0678. The summed E-state index contributed by atoms with van der Waals surface area (Å²) in [7, 11) is -3.41.